The molecule has 0 unspecified atom stereocenters. The number of phenols is 1. The zero-order chi connectivity index (χ0) is 18.4. The number of aliphatic imine (C=N–C) groups is 1. The molecule has 0 saturated carbocycles. The zero-order valence-corrected chi connectivity index (χ0v) is 14.9. The highest BCUT2D eigenvalue weighted by molar-refractivity contribution is 5.86. The fraction of sp³-hybridized carbons (Fsp3) is 0.136. The Morgan fingerprint density at radius 2 is 1.42 bits per heavy atom. The van der Waals surface area contributed by atoms with Gasteiger partial charge < -0.3 is 5.11 Å². The van der Waals surface area contributed by atoms with Crippen molar-refractivity contribution in [1.82, 2.24) is 0 Å². The van der Waals surface area contributed by atoms with E-state index in [0.717, 1.165) is 11.4 Å². The Morgan fingerprint density at radius 3 is 2.12 bits per heavy atom. The van der Waals surface area contributed by atoms with Gasteiger partial charge in [0.15, 0.2) is 0 Å². The average molecular weight is 343 g/mol. The van der Waals surface area contributed by atoms with E-state index in [1.807, 2.05) is 42.5 Å². The topological polar surface area (TPSA) is 57.3 Å². The molecular formula is C22H21N3O. The van der Waals surface area contributed by atoms with Gasteiger partial charge in [-0.15, -0.1) is 0 Å². The molecule has 0 aliphatic carbocycles. The number of benzene rings is 3. The van der Waals surface area contributed by atoms with Crippen LogP contribution in [-0.4, -0.2) is 11.3 Å². The summed E-state index contributed by atoms with van der Waals surface area (Å²) in [5.41, 5.74) is 4.15. The summed E-state index contributed by atoms with van der Waals surface area (Å²) in [6.07, 6.45) is 1.64. The predicted molar refractivity (Wildman–Crippen MR) is 107 cm³/mol. The first-order chi connectivity index (χ1) is 12.6. The molecule has 4 nitrogen and oxygen atoms in total. The van der Waals surface area contributed by atoms with Crippen LogP contribution in [0.3, 0.4) is 0 Å². The van der Waals surface area contributed by atoms with E-state index in [0.29, 0.717) is 17.2 Å². The first-order valence-electron chi connectivity index (χ1n) is 8.55. The van der Waals surface area contributed by atoms with E-state index in [1.165, 1.54) is 5.56 Å². The van der Waals surface area contributed by atoms with Crippen molar-refractivity contribution < 1.29 is 5.11 Å². The van der Waals surface area contributed by atoms with Crippen molar-refractivity contribution >= 4 is 23.3 Å². The third-order valence-corrected chi connectivity index (χ3v) is 3.96. The van der Waals surface area contributed by atoms with Gasteiger partial charge in [-0.1, -0.05) is 44.2 Å². The lowest BCUT2D eigenvalue weighted by atomic mass is 10.0. The second-order valence-electron chi connectivity index (χ2n) is 6.28. The molecule has 3 aromatic carbocycles. The van der Waals surface area contributed by atoms with E-state index in [4.69, 9.17) is 0 Å². The van der Waals surface area contributed by atoms with Crippen LogP contribution in [0.2, 0.25) is 0 Å². The third kappa shape index (κ3) is 4.63. The van der Waals surface area contributed by atoms with E-state index in [1.54, 1.807) is 24.4 Å². The molecule has 130 valence electrons. The molecule has 0 atom stereocenters. The number of phenolic OH excluding ortho intramolecular Hbond substituents is 1. The van der Waals surface area contributed by atoms with E-state index in [9.17, 15) is 5.11 Å². The highest BCUT2D eigenvalue weighted by atomic mass is 16.3. The van der Waals surface area contributed by atoms with Crippen LogP contribution in [0, 0.1) is 0 Å². The fourth-order valence-electron chi connectivity index (χ4n) is 2.41. The first kappa shape index (κ1) is 17.5. The molecule has 0 aromatic heterocycles. The molecule has 0 amide bonds. The lowest BCUT2D eigenvalue weighted by molar-refractivity contribution is 0.474. The van der Waals surface area contributed by atoms with Crippen molar-refractivity contribution in [2.24, 2.45) is 15.2 Å². The van der Waals surface area contributed by atoms with Gasteiger partial charge in [0.25, 0.3) is 0 Å². The second kappa shape index (κ2) is 8.21. The minimum absolute atomic E-state index is 0.159. The monoisotopic (exact) mass is 343 g/mol. The molecule has 3 rings (SSSR count). The summed E-state index contributed by atoms with van der Waals surface area (Å²) in [6, 6.07) is 22.7. The first-order valence-corrected chi connectivity index (χ1v) is 8.55. The normalized spacial score (nSPS) is 11.7. The maximum Gasteiger partial charge on any atom is 0.124 e. The molecule has 0 saturated heterocycles. The molecule has 3 aromatic rings. The van der Waals surface area contributed by atoms with Crippen LogP contribution in [0.25, 0.3) is 0 Å². The van der Waals surface area contributed by atoms with Crippen LogP contribution in [0.4, 0.5) is 17.1 Å². The summed E-state index contributed by atoms with van der Waals surface area (Å²) in [7, 11) is 0. The van der Waals surface area contributed by atoms with E-state index >= 15 is 0 Å². The molecule has 0 aliphatic rings. The largest absolute Gasteiger partial charge is 0.507 e. The smallest absolute Gasteiger partial charge is 0.124 e. The van der Waals surface area contributed by atoms with Crippen LogP contribution in [0.5, 0.6) is 5.75 Å². The van der Waals surface area contributed by atoms with Gasteiger partial charge in [-0.05, 0) is 53.9 Å². The molecule has 1 N–H and O–H groups in total. The molecule has 4 heteroatoms. The number of nitrogens with zero attached hydrogens (tertiary/aromatic N) is 3. The third-order valence-electron chi connectivity index (χ3n) is 3.96. The van der Waals surface area contributed by atoms with Crippen molar-refractivity contribution in [3.05, 3.63) is 83.9 Å². The Labute approximate surface area is 153 Å². The quantitative estimate of drug-likeness (QED) is 0.407. The highest BCUT2D eigenvalue weighted by Crippen LogP contribution is 2.25. The van der Waals surface area contributed by atoms with Crippen LogP contribution in [0.15, 0.2) is 88.0 Å². The van der Waals surface area contributed by atoms with E-state index in [-0.39, 0.29) is 5.75 Å². The minimum atomic E-state index is 0.159. The fourth-order valence-corrected chi connectivity index (χ4v) is 2.41. The highest BCUT2D eigenvalue weighted by Gasteiger charge is 2.01. The second-order valence-corrected chi connectivity index (χ2v) is 6.28. The summed E-state index contributed by atoms with van der Waals surface area (Å²) >= 11 is 0. The lowest BCUT2D eigenvalue weighted by Gasteiger charge is -2.04. The van der Waals surface area contributed by atoms with Gasteiger partial charge >= 0.3 is 0 Å². The zero-order valence-electron chi connectivity index (χ0n) is 14.9. The summed E-state index contributed by atoms with van der Waals surface area (Å²) < 4.78 is 0. The van der Waals surface area contributed by atoms with Gasteiger partial charge in [-0.2, -0.15) is 10.2 Å². The molecule has 0 spiro atoms. The van der Waals surface area contributed by atoms with Crippen LogP contribution >= 0.6 is 0 Å². The summed E-state index contributed by atoms with van der Waals surface area (Å²) in [4.78, 5) is 4.44. The Kier molecular flexibility index (Phi) is 5.54. The Hall–Kier alpha value is -3.27. The molecule has 0 aliphatic heterocycles. The van der Waals surface area contributed by atoms with Gasteiger partial charge in [0.1, 0.15) is 5.75 Å². The van der Waals surface area contributed by atoms with Gasteiger partial charge in [0, 0.05) is 11.8 Å². The van der Waals surface area contributed by atoms with Crippen LogP contribution in [-0.2, 0) is 0 Å². The summed E-state index contributed by atoms with van der Waals surface area (Å²) in [5, 5.41) is 18.5. The van der Waals surface area contributed by atoms with Crippen molar-refractivity contribution in [3.63, 3.8) is 0 Å². The number of hydrogen-bond acceptors (Lipinski definition) is 4. The SMILES string of the molecule is CC(C)c1ccc(N=Cc2cc(N=Nc3ccccc3)ccc2O)cc1. The van der Waals surface area contributed by atoms with Crippen molar-refractivity contribution in [1.29, 1.82) is 0 Å². The number of hydrogen-bond donors (Lipinski definition) is 1. The number of rotatable bonds is 5. The standard InChI is InChI=1S/C22H21N3O/c1-16(2)17-8-10-19(11-9-17)23-15-18-14-21(12-13-22(18)26)25-24-20-6-4-3-5-7-20/h3-16,26H,1-2H3. The number of aromatic hydroxyl groups is 1. The van der Waals surface area contributed by atoms with E-state index in [2.05, 4.69) is 41.2 Å². The summed E-state index contributed by atoms with van der Waals surface area (Å²) in [5.74, 6) is 0.648. The minimum Gasteiger partial charge on any atom is -0.507 e. The molecular weight excluding hydrogens is 322 g/mol. The van der Waals surface area contributed by atoms with E-state index < -0.39 is 0 Å². The van der Waals surface area contributed by atoms with Gasteiger partial charge in [0.2, 0.25) is 0 Å². The van der Waals surface area contributed by atoms with Crippen LogP contribution in [0.1, 0.15) is 30.9 Å². The Bertz CT molecular complexity index is 914. The molecule has 0 fully saturated rings. The van der Waals surface area contributed by atoms with Gasteiger partial charge in [-0.25, -0.2) is 0 Å². The predicted octanol–water partition coefficient (Wildman–Crippen LogP) is 6.68. The molecule has 0 radical (unpaired) electrons. The van der Waals surface area contributed by atoms with Gasteiger partial charge in [-0.3, -0.25) is 4.99 Å². The number of azo groups is 1. The lowest BCUT2D eigenvalue weighted by Crippen LogP contribution is -1.85. The van der Waals surface area contributed by atoms with Gasteiger partial charge in [0.05, 0.1) is 17.1 Å². The molecule has 26 heavy (non-hydrogen) atoms. The maximum atomic E-state index is 10.1. The Morgan fingerprint density at radius 1 is 0.769 bits per heavy atom. The van der Waals surface area contributed by atoms with Crippen molar-refractivity contribution in [3.8, 4) is 5.75 Å². The maximum absolute atomic E-state index is 10.1. The van der Waals surface area contributed by atoms with Crippen molar-refractivity contribution in [2.45, 2.75) is 19.8 Å². The van der Waals surface area contributed by atoms with Crippen molar-refractivity contribution in [2.75, 3.05) is 0 Å². The molecule has 0 heterocycles. The summed E-state index contributed by atoms with van der Waals surface area (Å²) in [6.45, 7) is 4.32. The average Bonchev–Trinajstić information content (AvgIpc) is 2.67. The Balaban J connectivity index is 1.78. The molecule has 0 bridgehead atoms. The van der Waals surface area contributed by atoms with Crippen LogP contribution < -0.4 is 0 Å².